The second kappa shape index (κ2) is 9.92. The summed E-state index contributed by atoms with van der Waals surface area (Å²) in [4.78, 5) is 36.4. The molecule has 0 spiro atoms. The minimum absolute atomic E-state index is 0.132. The maximum absolute atomic E-state index is 12.8. The minimum atomic E-state index is -1.10. The quantitative estimate of drug-likeness (QED) is 0.658. The second-order valence-corrected chi connectivity index (χ2v) is 6.31. The first-order chi connectivity index (χ1) is 11.3. The fourth-order valence-electron chi connectivity index (χ4n) is 1.95. The fraction of sp³-hybridized carbons (Fsp3) is 0.438. The predicted octanol–water partition coefficient (Wildman–Crippen LogP) is 1.75. The molecule has 2 amide bonds. The van der Waals surface area contributed by atoms with E-state index in [-0.39, 0.29) is 37.1 Å². The molecule has 0 aliphatic heterocycles. The van der Waals surface area contributed by atoms with E-state index < -0.39 is 12.0 Å². The Hall–Kier alpha value is -2.09. The van der Waals surface area contributed by atoms with Crippen molar-refractivity contribution in [1.29, 1.82) is 0 Å². The molecule has 0 saturated heterocycles. The summed E-state index contributed by atoms with van der Waals surface area (Å²) in [5, 5.41) is 11.7. The number of rotatable bonds is 9. The molecule has 0 aliphatic carbocycles. The van der Waals surface area contributed by atoms with E-state index in [1.165, 1.54) is 42.6 Å². The van der Waals surface area contributed by atoms with Gasteiger partial charge in [-0.1, -0.05) is 0 Å². The van der Waals surface area contributed by atoms with E-state index in [4.69, 9.17) is 5.11 Å². The highest BCUT2D eigenvalue weighted by molar-refractivity contribution is 7.99. The molecule has 6 nitrogen and oxygen atoms in total. The van der Waals surface area contributed by atoms with E-state index in [0.717, 1.165) is 4.90 Å². The maximum Gasteiger partial charge on any atom is 0.326 e. The Morgan fingerprint density at radius 2 is 1.92 bits per heavy atom. The average molecular weight is 356 g/mol. The zero-order valence-corrected chi connectivity index (χ0v) is 14.4. The van der Waals surface area contributed by atoms with Crippen molar-refractivity contribution >= 4 is 29.5 Å². The third kappa shape index (κ3) is 6.99. The summed E-state index contributed by atoms with van der Waals surface area (Å²) < 4.78 is 12.8. The first kappa shape index (κ1) is 20.0. The highest BCUT2D eigenvalue weighted by atomic mass is 32.2. The molecule has 0 aliphatic rings. The Morgan fingerprint density at radius 1 is 1.29 bits per heavy atom. The van der Waals surface area contributed by atoms with Gasteiger partial charge in [-0.3, -0.25) is 9.59 Å². The molecule has 132 valence electrons. The van der Waals surface area contributed by atoms with Crippen molar-refractivity contribution < 1.29 is 23.9 Å². The fourth-order valence-corrected chi connectivity index (χ4v) is 2.79. The molecule has 1 atom stereocenters. The summed E-state index contributed by atoms with van der Waals surface area (Å²) in [5.74, 6) is -1.51. The van der Waals surface area contributed by atoms with Crippen LogP contribution >= 0.6 is 11.8 Å². The van der Waals surface area contributed by atoms with Crippen LogP contribution in [0.1, 0.15) is 20.3 Å². The van der Waals surface area contributed by atoms with Crippen LogP contribution in [0.2, 0.25) is 0 Å². The van der Waals surface area contributed by atoms with Gasteiger partial charge in [-0.2, -0.15) is 0 Å². The van der Waals surface area contributed by atoms with Gasteiger partial charge >= 0.3 is 5.97 Å². The van der Waals surface area contributed by atoms with Crippen molar-refractivity contribution in [2.45, 2.75) is 31.2 Å². The lowest BCUT2D eigenvalue weighted by Gasteiger charge is -2.26. The molecule has 1 aromatic carbocycles. The number of nitrogens with one attached hydrogen (secondary N) is 1. The number of amides is 2. The summed E-state index contributed by atoms with van der Waals surface area (Å²) in [6.07, 6.45) is 0.153. The van der Waals surface area contributed by atoms with Crippen LogP contribution in [-0.4, -0.2) is 52.7 Å². The van der Waals surface area contributed by atoms with Crippen molar-refractivity contribution in [3.05, 3.63) is 30.1 Å². The van der Waals surface area contributed by atoms with Gasteiger partial charge in [-0.25, -0.2) is 9.18 Å². The third-order valence-electron chi connectivity index (χ3n) is 3.27. The molecule has 8 heteroatoms. The van der Waals surface area contributed by atoms with Gasteiger partial charge in [-0.15, -0.1) is 11.8 Å². The Kier molecular flexibility index (Phi) is 8.25. The van der Waals surface area contributed by atoms with Crippen molar-refractivity contribution in [3.8, 4) is 0 Å². The van der Waals surface area contributed by atoms with E-state index >= 15 is 0 Å². The normalized spacial score (nSPS) is 11.6. The molecule has 0 saturated carbocycles. The van der Waals surface area contributed by atoms with Gasteiger partial charge in [0, 0.05) is 37.1 Å². The number of aliphatic carboxylic acids is 1. The lowest BCUT2D eigenvalue weighted by atomic mass is 10.2. The Balaban J connectivity index is 2.54. The Morgan fingerprint density at radius 3 is 2.46 bits per heavy atom. The van der Waals surface area contributed by atoms with E-state index in [1.54, 1.807) is 12.1 Å². The molecule has 2 N–H and O–H groups in total. The van der Waals surface area contributed by atoms with Gasteiger partial charge < -0.3 is 15.3 Å². The van der Waals surface area contributed by atoms with Gasteiger partial charge in [0.15, 0.2) is 0 Å². The first-order valence-corrected chi connectivity index (χ1v) is 8.45. The van der Waals surface area contributed by atoms with Crippen LogP contribution in [0, 0.1) is 5.82 Å². The number of carbonyl (C=O) groups excluding carboxylic acids is 2. The van der Waals surface area contributed by atoms with E-state index in [1.807, 2.05) is 0 Å². The zero-order chi connectivity index (χ0) is 18.1. The van der Waals surface area contributed by atoms with Crippen LogP contribution in [-0.2, 0) is 14.4 Å². The van der Waals surface area contributed by atoms with Crippen molar-refractivity contribution in [2.24, 2.45) is 0 Å². The molecule has 1 rings (SSSR count). The van der Waals surface area contributed by atoms with Crippen LogP contribution < -0.4 is 5.32 Å². The summed E-state index contributed by atoms with van der Waals surface area (Å²) in [7, 11) is 0. The van der Waals surface area contributed by atoms with Crippen LogP contribution in [0.25, 0.3) is 0 Å². The van der Waals surface area contributed by atoms with Crippen molar-refractivity contribution in [3.63, 3.8) is 0 Å². The number of hydrogen-bond acceptors (Lipinski definition) is 4. The molecule has 0 aromatic heterocycles. The standard InChI is InChI=1S/C16H21FN2O4S/c1-11(16(22)23)19(9-8-18-12(2)20)15(21)7-10-24-14-5-3-13(17)4-6-14/h3-6,11H,7-10H2,1-2H3,(H,18,20)(H,22,23). The molecule has 0 radical (unpaired) electrons. The number of hydrogen-bond donors (Lipinski definition) is 2. The molecule has 24 heavy (non-hydrogen) atoms. The number of nitrogens with zero attached hydrogens (tertiary/aromatic N) is 1. The number of carboxylic acids is 1. The van der Waals surface area contributed by atoms with Gasteiger partial charge in [0.1, 0.15) is 11.9 Å². The topological polar surface area (TPSA) is 86.7 Å². The lowest BCUT2D eigenvalue weighted by molar-refractivity contribution is -0.149. The maximum atomic E-state index is 12.8. The van der Waals surface area contributed by atoms with Crippen molar-refractivity contribution in [1.82, 2.24) is 10.2 Å². The van der Waals surface area contributed by atoms with Crippen molar-refractivity contribution in [2.75, 3.05) is 18.8 Å². The molecular formula is C16H21FN2O4S. The predicted molar refractivity (Wildman–Crippen MR) is 89.2 cm³/mol. The van der Waals surface area contributed by atoms with E-state index in [0.29, 0.717) is 5.75 Å². The average Bonchev–Trinajstić information content (AvgIpc) is 2.52. The van der Waals surface area contributed by atoms with Crippen LogP contribution in [0.3, 0.4) is 0 Å². The summed E-state index contributed by atoms with van der Waals surface area (Å²) in [5.41, 5.74) is 0. The number of carboxylic acid groups (broad SMARTS) is 1. The monoisotopic (exact) mass is 356 g/mol. The van der Waals surface area contributed by atoms with Gasteiger partial charge in [0.2, 0.25) is 11.8 Å². The molecule has 1 aromatic rings. The summed E-state index contributed by atoms with van der Waals surface area (Å²) in [6, 6.07) is 4.96. The molecular weight excluding hydrogens is 335 g/mol. The SMILES string of the molecule is CC(=O)NCCN(C(=O)CCSc1ccc(F)cc1)C(C)C(=O)O. The van der Waals surface area contributed by atoms with Crippen LogP contribution in [0.5, 0.6) is 0 Å². The lowest BCUT2D eigenvalue weighted by Crippen LogP contribution is -2.46. The number of benzene rings is 1. The summed E-state index contributed by atoms with van der Waals surface area (Å²) in [6.45, 7) is 3.12. The largest absolute Gasteiger partial charge is 0.480 e. The second-order valence-electron chi connectivity index (χ2n) is 5.14. The van der Waals surface area contributed by atoms with Gasteiger partial charge in [0.05, 0.1) is 0 Å². The number of halogens is 1. The number of thioether (sulfide) groups is 1. The van der Waals surface area contributed by atoms with Crippen LogP contribution in [0.15, 0.2) is 29.2 Å². The Labute approximate surface area is 144 Å². The molecule has 0 fully saturated rings. The highest BCUT2D eigenvalue weighted by Crippen LogP contribution is 2.19. The van der Waals surface area contributed by atoms with Crippen LogP contribution in [0.4, 0.5) is 4.39 Å². The first-order valence-electron chi connectivity index (χ1n) is 7.46. The summed E-state index contributed by atoms with van der Waals surface area (Å²) >= 11 is 1.39. The third-order valence-corrected chi connectivity index (χ3v) is 4.28. The smallest absolute Gasteiger partial charge is 0.326 e. The molecule has 0 bridgehead atoms. The zero-order valence-electron chi connectivity index (χ0n) is 13.6. The van der Waals surface area contributed by atoms with Gasteiger partial charge in [0.25, 0.3) is 0 Å². The van der Waals surface area contributed by atoms with E-state index in [9.17, 15) is 18.8 Å². The highest BCUT2D eigenvalue weighted by Gasteiger charge is 2.24. The van der Waals surface area contributed by atoms with E-state index in [2.05, 4.69) is 5.32 Å². The Bertz CT molecular complexity index is 580. The van der Waals surface area contributed by atoms with Gasteiger partial charge in [-0.05, 0) is 31.2 Å². The number of carbonyl (C=O) groups is 3. The molecule has 0 heterocycles. The molecule has 1 unspecified atom stereocenters. The minimum Gasteiger partial charge on any atom is -0.480 e.